The smallest absolute Gasteiger partial charge is 0.310 e. The first kappa shape index (κ1) is 28.8. The van der Waals surface area contributed by atoms with Crippen molar-refractivity contribution < 1.29 is 33.0 Å². The van der Waals surface area contributed by atoms with Crippen LogP contribution in [0, 0.1) is 5.92 Å². The second-order valence-corrected chi connectivity index (χ2v) is 9.81. The van der Waals surface area contributed by atoms with E-state index in [1.54, 1.807) is 26.0 Å². The molecule has 4 rings (SSSR count). The zero-order valence-electron chi connectivity index (χ0n) is 23.2. The number of aromatic nitrogens is 1. The van der Waals surface area contributed by atoms with Crippen molar-refractivity contribution in [3.05, 3.63) is 41.6 Å². The van der Waals surface area contributed by atoms with E-state index in [2.05, 4.69) is 14.8 Å². The van der Waals surface area contributed by atoms with Crippen molar-refractivity contribution in [3.63, 3.8) is 0 Å². The predicted molar refractivity (Wildman–Crippen MR) is 143 cm³/mol. The molecule has 1 aromatic carbocycles. The number of esters is 1. The number of hydrogen-bond donors (Lipinski definition) is 0. The Morgan fingerprint density at radius 2 is 1.95 bits per heavy atom. The first-order valence-electron chi connectivity index (χ1n) is 13.6. The van der Waals surface area contributed by atoms with Crippen molar-refractivity contribution in [1.29, 1.82) is 0 Å². The van der Waals surface area contributed by atoms with Gasteiger partial charge >= 0.3 is 5.97 Å². The highest BCUT2D eigenvalue weighted by molar-refractivity contribution is 5.92. The minimum atomic E-state index is -0.302. The quantitative estimate of drug-likeness (QED) is 0.370. The maximum absolute atomic E-state index is 13.2. The van der Waals surface area contributed by atoms with E-state index < -0.39 is 0 Å². The van der Waals surface area contributed by atoms with Gasteiger partial charge in [0.2, 0.25) is 5.89 Å². The summed E-state index contributed by atoms with van der Waals surface area (Å²) >= 11 is 0. The number of morpholine rings is 1. The number of likely N-dealkylation sites (tertiary alicyclic amines) is 1. The number of methoxy groups -OCH3 is 2. The van der Waals surface area contributed by atoms with E-state index in [4.69, 9.17) is 23.4 Å². The first-order chi connectivity index (χ1) is 19.0. The number of carbonyl (C=O) groups is 2. The third-order valence-electron chi connectivity index (χ3n) is 7.18. The highest BCUT2D eigenvalue weighted by Crippen LogP contribution is 2.26. The fourth-order valence-corrected chi connectivity index (χ4v) is 4.99. The van der Waals surface area contributed by atoms with Crippen molar-refractivity contribution in [2.45, 2.75) is 32.9 Å². The van der Waals surface area contributed by atoms with Crippen molar-refractivity contribution in [1.82, 2.24) is 19.7 Å². The van der Waals surface area contributed by atoms with Crippen LogP contribution in [0.4, 0.5) is 0 Å². The van der Waals surface area contributed by atoms with Crippen LogP contribution in [0.25, 0.3) is 0 Å². The second kappa shape index (κ2) is 14.3. The van der Waals surface area contributed by atoms with Gasteiger partial charge in [-0.1, -0.05) is 6.07 Å². The number of nitrogens with zero attached hydrogens (tertiary/aromatic N) is 4. The maximum Gasteiger partial charge on any atom is 0.310 e. The van der Waals surface area contributed by atoms with Gasteiger partial charge in [0.25, 0.3) is 5.91 Å². The lowest BCUT2D eigenvalue weighted by Gasteiger charge is -2.31. The molecule has 2 aliphatic rings. The highest BCUT2D eigenvalue weighted by Gasteiger charge is 2.31. The lowest BCUT2D eigenvalue weighted by atomic mass is 9.98. The molecule has 1 amide bonds. The molecule has 0 radical (unpaired) electrons. The van der Waals surface area contributed by atoms with Crippen LogP contribution in [-0.2, 0) is 27.4 Å². The Balaban J connectivity index is 1.44. The van der Waals surface area contributed by atoms with Crippen molar-refractivity contribution in [2.75, 3.05) is 73.3 Å². The monoisotopic (exact) mass is 544 g/mol. The van der Waals surface area contributed by atoms with E-state index in [1.807, 2.05) is 18.2 Å². The summed E-state index contributed by atoms with van der Waals surface area (Å²) < 4.78 is 27.4. The van der Waals surface area contributed by atoms with E-state index in [1.165, 1.54) is 6.26 Å². The summed E-state index contributed by atoms with van der Waals surface area (Å²) in [6, 6.07) is 5.79. The normalized spacial score (nSPS) is 18.3. The third-order valence-corrected chi connectivity index (χ3v) is 7.18. The summed E-state index contributed by atoms with van der Waals surface area (Å²) in [7, 11) is 3.28. The van der Waals surface area contributed by atoms with Gasteiger partial charge < -0.3 is 28.3 Å². The lowest BCUT2D eigenvalue weighted by Crippen LogP contribution is -2.43. The van der Waals surface area contributed by atoms with E-state index in [0.717, 1.165) is 69.3 Å². The summed E-state index contributed by atoms with van der Waals surface area (Å²) in [5.41, 5.74) is 1.27. The molecule has 0 N–H and O–H groups in total. The molecule has 0 aliphatic carbocycles. The van der Waals surface area contributed by atoms with Crippen LogP contribution in [0.5, 0.6) is 11.5 Å². The number of hydrogen-bond acceptors (Lipinski definition) is 10. The largest absolute Gasteiger partial charge is 0.497 e. The zero-order chi connectivity index (χ0) is 27.6. The van der Waals surface area contributed by atoms with E-state index in [-0.39, 0.29) is 23.5 Å². The van der Waals surface area contributed by atoms with Crippen molar-refractivity contribution in [3.8, 4) is 11.5 Å². The molecule has 0 spiro atoms. The molecule has 0 saturated carbocycles. The van der Waals surface area contributed by atoms with E-state index >= 15 is 0 Å². The molecule has 1 unspecified atom stereocenters. The fourth-order valence-electron chi connectivity index (χ4n) is 4.99. The Labute approximate surface area is 229 Å². The van der Waals surface area contributed by atoms with Crippen LogP contribution < -0.4 is 9.47 Å². The number of piperidine rings is 1. The standard InChI is InChI=1S/C28H40N4O7/c1-4-38-28(34)22-6-5-9-32(18-22)27(33)24-20-39-26(29-24)19-31(11-10-30-12-14-37-15-13-30)17-21-7-8-23(35-2)16-25(21)36-3/h7-8,16,20,22H,4-6,9-15,17-19H2,1-3H3. The summed E-state index contributed by atoms with van der Waals surface area (Å²) in [5, 5.41) is 0. The molecule has 0 bridgehead atoms. The van der Waals surface area contributed by atoms with Crippen LogP contribution in [0.3, 0.4) is 0 Å². The third kappa shape index (κ3) is 7.93. The average Bonchev–Trinajstić information content (AvgIpc) is 3.44. The number of benzene rings is 1. The van der Waals surface area contributed by atoms with E-state index in [0.29, 0.717) is 38.7 Å². The summed E-state index contributed by atoms with van der Waals surface area (Å²) in [6.45, 7) is 9.01. The molecule has 2 aliphatic heterocycles. The van der Waals surface area contributed by atoms with Crippen LogP contribution >= 0.6 is 0 Å². The maximum atomic E-state index is 13.2. The van der Waals surface area contributed by atoms with Gasteiger partial charge in [-0.15, -0.1) is 0 Å². The Morgan fingerprint density at radius 1 is 1.13 bits per heavy atom. The molecular weight excluding hydrogens is 504 g/mol. The molecule has 3 heterocycles. The van der Waals surface area contributed by atoms with Crippen LogP contribution in [0.15, 0.2) is 28.9 Å². The Morgan fingerprint density at radius 3 is 2.69 bits per heavy atom. The van der Waals surface area contributed by atoms with E-state index in [9.17, 15) is 9.59 Å². The molecule has 1 atom stereocenters. The molecule has 11 heteroatoms. The fraction of sp³-hybridized carbons (Fsp3) is 0.607. The second-order valence-electron chi connectivity index (χ2n) is 9.81. The van der Waals surface area contributed by atoms with Gasteiger partial charge in [-0.05, 0) is 25.8 Å². The SMILES string of the molecule is CCOC(=O)C1CCCN(C(=O)c2coc(CN(CCN3CCOCC3)Cc3ccc(OC)cc3OC)n2)C1. The number of oxazole rings is 1. The predicted octanol–water partition coefficient (Wildman–Crippen LogP) is 2.44. The molecule has 1 aromatic heterocycles. The number of carbonyl (C=O) groups excluding carboxylic acids is 2. The van der Waals surface area contributed by atoms with Crippen LogP contribution in [-0.4, -0.2) is 105 Å². The van der Waals surface area contributed by atoms with Gasteiger partial charge in [0.1, 0.15) is 17.8 Å². The van der Waals surface area contributed by atoms with Gasteiger partial charge in [-0.3, -0.25) is 19.4 Å². The van der Waals surface area contributed by atoms with Crippen molar-refractivity contribution >= 4 is 11.9 Å². The van der Waals surface area contributed by atoms with Crippen LogP contribution in [0.1, 0.15) is 41.7 Å². The first-order valence-corrected chi connectivity index (χ1v) is 13.6. The summed E-state index contributed by atoms with van der Waals surface area (Å²) in [6.07, 6.45) is 2.89. The molecular formula is C28H40N4O7. The molecule has 39 heavy (non-hydrogen) atoms. The zero-order valence-corrected chi connectivity index (χ0v) is 23.2. The van der Waals surface area contributed by atoms with Gasteiger partial charge in [0, 0.05) is 57.4 Å². The Hall–Kier alpha value is -3.15. The molecule has 11 nitrogen and oxygen atoms in total. The van der Waals surface area contributed by atoms with Crippen molar-refractivity contribution in [2.24, 2.45) is 5.92 Å². The van der Waals surface area contributed by atoms with Gasteiger partial charge in [0.05, 0.1) is 46.5 Å². The molecule has 2 saturated heterocycles. The van der Waals surface area contributed by atoms with Gasteiger partial charge in [-0.25, -0.2) is 4.98 Å². The summed E-state index contributed by atoms with van der Waals surface area (Å²) in [4.78, 5) is 36.2. The topological polar surface area (TPSA) is 107 Å². The Kier molecular flexibility index (Phi) is 10.6. The van der Waals surface area contributed by atoms with Gasteiger partial charge in [0.15, 0.2) is 5.69 Å². The highest BCUT2D eigenvalue weighted by atomic mass is 16.5. The summed E-state index contributed by atoms with van der Waals surface area (Å²) in [5.74, 6) is 1.16. The minimum Gasteiger partial charge on any atom is -0.497 e. The van der Waals surface area contributed by atoms with Gasteiger partial charge in [-0.2, -0.15) is 0 Å². The average molecular weight is 545 g/mol. The number of amides is 1. The number of ether oxygens (including phenoxy) is 4. The van der Waals surface area contributed by atoms with Crippen LogP contribution in [0.2, 0.25) is 0 Å². The lowest BCUT2D eigenvalue weighted by molar-refractivity contribution is -0.149. The molecule has 2 fully saturated rings. The Bertz CT molecular complexity index is 1090. The minimum absolute atomic E-state index is 0.226. The molecule has 214 valence electrons. The number of rotatable bonds is 12. The molecule has 2 aromatic rings.